The van der Waals surface area contributed by atoms with Gasteiger partial charge in [0.2, 0.25) is 0 Å². The summed E-state index contributed by atoms with van der Waals surface area (Å²) in [6, 6.07) is 0. The summed E-state index contributed by atoms with van der Waals surface area (Å²) in [4.78, 5) is 5.20. The SMILES string of the molecule is CC(C)(C)C1=CN[N]S1. The van der Waals surface area contributed by atoms with Crippen LogP contribution in [0.25, 0.3) is 0 Å². The molecule has 0 atom stereocenters. The molecule has 0 aromatic rings. The fraction of sp³-hybridized carbons (Fsp3) is 0.667. The Morgan fingerprint density at radius 2 is 2.22 bits per heavy atom. The zero-order valence-corrected chi connectivity index (χ0v) is 6.75. The van der Waals surface area contributed by atoms with Gasteiger partial charge in [-0.2, -0.15) is 0 Å². The molecule has 1 aliphatic rings. The summed E-state index contributed by atoms with van der Waals surface area (Å²) in [6.07, 6.45) is 1.95. The van der Waals surface area contributed by atoms with Crippen LogP contribution in [0.15, 0.2) is 11.1 Å². The number of allylic oxidation sites excluding steroid dienone is 1. The Morgan fingerprint density at radius 3 is 2.44 bits per heavy atom. The summed E-state index contributed by atoms with van der Waals surface area (Å²) in [5, 5.41) is 0. The van der Waals surface area contributed by atoms with Crippen LogP contribution in [-0.2, 0) is 0 Å². The minimum atomic E-state index is 0.248. The first-order valence-electron chi connectivity index (χ1n) is 2.94. The Kier molecular flexibility index (Phi) is 1.73. The molecule has 9 heavy (non-hydrogen) atoms. The Bertz CT molecular complexity index is 134. The fourth-order valence-electron chi connectivity index (χ4n) is 0.540. The van der Waals surface area contributed by atoms with E-state index in [0.717, 1.165) is 0 Å². The Labute approximate surface area is 60.2 Å². The summed E-state index contributed by atoms with van der Waals surface area (Å²) in [5.41, 5.74) is 3.05. The molecule has 0 unspecified atom stereocenters. The molecule has 1 aliphatic heterocycles. The van der Waals surface area contributed by atoms with E-state index in [0.29, 0.717) is 0 Å². The lowest BCUT2D eigenvalue weighted by Gasteiger charge is -2.16. The van der Waals surface area contributed by atoms with Crippen molar-refractivity contribution < 1.29 is 0 Å². The van der Waals surface area contributed by atoms with E-state index in [-0.39, 0.29) is 5.41 Å². The number of hydrogen-bond acceptors (Lipinski definition) is 2. The molecule has 0 aromatic carbocycles. The highest BCUT2D eigenvalue weighted by molar-refractivity contribution is 8.01. The average molecular weight is 143 g/mol. The van der Waals surface area contributed by atoms with Gasteiger partial charge in [0.1, 0.15) is 0 Å². The van der Waals surface area contributed by atoms with E-state index < -0.39 is 0 Å². The van der Waals surface area contributed by atoms with Crippen LogP contribution in [0.3, 0.4) is 0 Å². The van der Waals surface area contributed by atoms with Gasteiger partial charge in [0.25, 0.3) is 0 Å². The van der Waals surface area contributed by atoms with E-state index >= 15 is 0 Å². The summed E-state index contributed by atoms with van der Waals surface area (Å²) in [7, 11) is 0. The topological polar surface area (TPSA) is 26.1 Å². The molecule has 0 spiro atoms. The molecule has 1 N–H and O–H groups in total. The minimum absolute atomic E-state index is 0.248. The second-order valence-corrected chi connectivity index (χ2v) is 3.88. The number of rotatable bonds is 0. The van der Waals surface area contributed by atoms with Gasteiger partial charge in [-0.1, -0.05) is 25.6 Å². The second-order valence-electron chi connectivity index (χ2n) is 3.07. The quantitative estimate of drug-likeness (QED) is 0.522. The first-order chi connectivity index (χ1) is 4.11. The molecule has 51 valence electrons. The lowest BCUT2D eigenvalue weighted by atomic mass is 9.97. The van der Waals surface area contributed by atoms with Crippen LogP contribution in [0.5, 0.6) is 0 Å². The second kappa shape index (κ2) is 2.23. The van der Waals surface area contributed by atoms with Crippen molar-refractivity contribution in [3.8, 4) is 0 Å². The Balaban J connectivity index is 2.61. The average Bonchev–Trinajstić information content (AvgIpc) is 2.08. The zero-order valence-electron chi connectivity index (χ0n) is 5.93. The first kappa shape index (κ1) is 6.96. The third-order valence-corrected chi connectivity index (χ3v) is 2.26. The van der Waals surface area contributed by atoms with Crippen LogP contribution < -0.4 is 10.3 Å². The van der Waals surface area contributed by atoms with Gasteiger partial charge in [0.15, 0.2) is 0 Å². The molecule has 1 heterocycles. The van der Waals surface area contributed by atoms with E-state index in [9.17, 15) is 0 Å². The van der Waals surface area contributed by atoms with E-state index in [1.165, 1.54) is 16.9 Å². The third kappa shape index (κ3) is 1.63. The highest BCUT2D eigenvalue weighted by Crippen LogP contribution is 2.34. The van der Waals surface area contributed by atoms with Gasteiger partial charge in [-0.25, -0.2) is 0 Å². The maximum atomic E-state index is 3.91. The van der Waals surface area contributed by atoms with Gasteiger partial charge < -0.3 is 0 Å². The van der Waals surface area contributed by atoms with Crippen molar-refractivity contribution in [3.05, 3.63) is 11.1 Å². The number of hydrogen-bond donors (Lipinski definition) is 1. The van der Waals surface area contributed by atoms with Crippen molar-refractivity contribution in [3.63, 3.8) is 0 Å². The molecule has 0 amide bonds. The molecule has 2 nitrogen and oxygen atoms in total. The van der Waals surface area contributed by atoms with Crippen molar-refractivity contribution in [1.82, 2.24) is 10.3 Å². The smallest absolute Gasteiger partial charge is 0.0266 e. The van der Waals surface area contributed by atoms with Crippen molar-refractivity contribution in [2.24, 2.45) is 5.41 Å². The highest BCUT2D eigenvalue weighted by atomic mass is 32.2. The van der Waals surface area contributed by atoms with Crippen molar-refractivity contribution in [1.29, 1.82) is 0 Å². The van der Waals surface area contributed by atoms with Crippen molar-refractivity contribution >= 4 is 11.9 Å². The molecular weight excluding hydrogens is 132 g/mol. The fourth-order valence-corrected chi connectivity index (χ4v) is 1.12. The Hall–Kier alpha value is -0.150. The van der Waals surface area contributed by atoms with E-state index in [4.69, 9.17) is 0 Å². The van der Waals surface area contributed by atoms with Crippen LogP contribution in [0.1, 0.15) is 20.8 Å². The zero-order chi connectivity index (χ0) is 6.91. The largest absolute Gasteiger partial charge is 0.299 e. The summed E-state index contributed by atoms with van der Waals surface area (Å²) in [6.45, 7) is 6.52. The molecule has 0 aliphatic carbocycles. The van der Waals surface area contributed by atoms with Gasteiger partial charge in [-0.15, -0.1) is 0 Å². The normalized spacial score (nSPS) is 19.2. The molecule has 1 rings (SSSR count). The van der Waals surface area contributed by atoms with Crippen LogP contribution in [0.2, 0.25) is 0 Å². The predicted octanol–water partition coefficient (Wildman–Crippen LogP) is 1.64. The first-order valence-corrected chi connectivity index (χ1v) is 3.71. The summed E-state index contributed by atoms with van der Waals surface area (Å²) in [5.74, 6) is 0. The van der Waals surface area contributed by atoms with Gasteiger partial charge in [0.05, 0.1) is 0 Å². The lowest BCUT2D eigenvalue weighted by molar-refractivity contribution is 0.532. The van der Waals surface area contributed by atoms with E-state index in [1.807, 2.05) is 6.20 Å². The predicted molar refractivity (Wildman–Crippen MR) is 40.4 cm³/mol. The summed E-state index contributed by atoms with van der Waals surface area (Å²) < 4.78 is 0. The van der Waals surface area contributed by atoms with Crippen LogP contribution in [0.4, 0.5) is 0 Å². The van der Waals surface area contributed by atoms with E-state index in [2.05, 4.69) is 31.0 Å². The van der Waals surface area contributed by atoms with Crippen molar-refractivity contribution in [2.75, 3.05) is 0 Å². The Morgan fingerprint density at radius 1 is 1.56 bits per heavy atom. The monoisotopic (exact) mass is 143 g/mol. The molecule has 3 heteroatoms. The standard InChI is InChI=1S/C6H11N2S/c1-6(2,3)5-4-7-8-9-5/h4,7H,1-3H3. The molecule has 0 bridgehead atoms. The molecule has 1 radical (unpaired) electrons. The minimum Gasteiger partial charge on any atom is -0.299 e. The van der Waals surface area contributed by atoms with Crippen molar-refractivity contribution in [2.45, 2.75) is 20.8 Å². The van der Waals surface area contributed by atoms with Gasteiger partial charge in [-0.3, -0.25) is 5.43 Å². The summed E-state index contributed by atoms with van der Waals surface area (Å²) >= 11 is 1.52. The maximum absolute atomic E-state index is 3.91. The molecule has 0 fully saturated rings. The van der Waals surface area contributed by atoms with Crippen LogP contribution >= 0.6 is 11.9 Å². The van der Waals surface area contributed by atoms with Crippen LogP contribution in [0, 0.1) is 5.41 Å². The van der Waals surface area contributed by atoms with E-state index in [1.54, 1.807) is 0 Å². The number of nitrogens with one attached hydrogen (secondary N) is 1. The third-order valence-electron chi connectivity index (χ3n) is 1.13. The molecular formula is C6H11N2S. The molecule has 0 saturated carbocycles. The lowest BCUT2D eigenvalue weighted by Crippen LogP contribution is -2.04. The number of nitrogens with zero attached hydrogens (tertiary/aromatic N) is 1. The highest BCUT2D eigenvalue weighted by Gasteiger charge is 2.20. The molecule has 0 aromatic heterocycles. The maximum Gasteiger partial charge on any atom is 0.0266 e. The molecule has 0 saturated heterocycles. The van der Waals surface area contributed by atoms with Gasteiger partial charge in [0, 0.05) is 11.1 Å². The van der Waals surface area contributed by atoms with Crippen LogP contribution in [-0.4, -0.2) is 0 Å². The van der Waals surface area contributed by atoms with Gasteiger partial charge in [-0.05, 0) is 17.4 Å². The van der Waals surface area contributed by atoms with Gasteiger partial charge >= 0.3 is 0 Å².